The van der Waals surface area contributed by atoms with Gasteiger partial charge in [0.15, 0.2) is 5.15 Å². The van der Waals surface area contributed by atoms with Gasteiger partial charge in [0.2, 0.25) is 0 Å². The zero-order valence-corrected chi connectivity index (χ0v) is 10.5. The molecule has 0 fully saturated rings. The third kappa shape index (κ3) is 2.96. The lowest BCUT2D eigenvalue weighted by molar-refractivity contribution is -0.508. The summed E-state index contributed by atoms with van der Waals surface area (Å²) in [7, 11) is -4.13. The van der Waals surface area contributed by atoms with E-state index in [0.717, 1.165) is 5.65 Å². The third-order valence-electron chi connectivity index (χ3n) is 2.44. The quantitative estimate of drug-likeness (QED) is 0.471. The van der Waals surface area contributed by atoms with E-state index in [4.69, 9.17) is 11.6 Å². The molecule has 2 rings (SSSR count). The molecule has 0 atom stereocenters. The second-order valence-corrected chi connectivity index (χ2v) is 5.59. The molecule has 0 unspecified atom stereocenters. The average Bonchev–Trinajstić information content (AvgIpc) is 2.61. The lowest BCUT2D eigenvalue weighted by atomic mass is 10.4. The molecule has 0 spiro atoms. The molecule has 0 aliphatic carbocycles. The van der Waals surface area contributed by atoms with Gasteiger partial charge in [0, 0.05) is 11.8 Å². The van der Waals surface area contributed by atoms with Crippen LogP contribution in [0, 0.1) is 0 Å². The molecule has 0 aliphatic heterocycles. The molecule has 2 heterocycles. The van der Waals surface area contributed by atoms with Crippen molar-refractivity contribution in [2.75, 3.05) is 5.75 Å². The van der Waals surface area contributed by atoms with Crippen LogP contribution < -0.4 is 4.40 Å². The normalized spacial score (nSPS) is 12.1. The van der Waals surface area contributed by atoms with Crippen LogP contribution in [0.25, 0.3) is 5.65 Å². The number of nitrogens with zero attached hydrogens (tertiary/aromatic N) is 2. The zero-order valence-electron chi connectivity index (χ0n) is 8.91. The minimum atomic E-state index is -4.13. The predicted octanol–water partition coefficient (Wildman–Crippen LogP) is 0.815. The smallest absolute Gasteiger partial charge is 0.287 e. The number of aryl methyl sites for hydroxylation is 1. The van der Waals surface area contributed by atoms with Crippen molar-refractivity contribution in [3.63, 3.8) is 0 Å². The molecule has 17 heavy (non-hydrogen) atoms. The highest BCUT2D eigenvalue weighted by Crippen LogP contribution is 2.06. The Morgan fingerprint density at radius 1 is 1.41 bits per heavy atom. The van der Waals surface area contributed by atoms with Gasteiger partial charge >= 0.3 is 0 Å². The summed E-state index contributed by atoms with van der Waals surface area (Å²) < 4.78 is 35.1. The van der Waals surface area contributed by atoms with E-state index in [2.05, 4.69) is 0 Å². The van der Waals surface area contributed by atoms with Crippen molar-refractivity contribution in [1.82, 2.24) is 4.57 Å². The molecule has 0 aromatic carbocycles. The van der Waals surface area contributed by atoms with Gasteiger partial charge in [-0.3, -0.25) is 0 Å². The van der Waals surface area contributed by atoms with Crippen LogP contribution in [0.1, 0.15) is 6.42 Å². The fourth-order valence-electron chi connectivity index (χ4n) is 1.69. The van der Waals surface area contributed by atoms with E-state index in [1.165, 1.54) is 0 Å². The third-order valence-corrected chi connectivity index (χ3v) is 3.54. The van der Waals surface area contributed by atoms with Crippen molar-refractivity contribution >= 4 is 27.4 Å². The molecule has 2 aromatic rings. The van der Waals surface area contributed by atoms with Gasteiger partial charge in [0.05, 0.1) is 16.7 Å². The Kier molecular flexibility index (Phi) is 3.37. The highest BCUT2D eigenvalue weighted by Gasteiger charge is 2.11. The van der Waals surface area contributed by atoms with Crippen LogP contribution in [-0.4, -0.2) is 23.3 Å². The number of rotatable bonds is 4. The summed E-state index contributed by atoms with van der Waals surface area (Å²) in [5.74, 6) is -0.349. The summed E-state index contributed by atoms with van der Waals surface area (Å²) in [4.78, 5) is 0. The number of fused-ring (bicyclic) bond motifs is 1. The van der Waals surface area contributed by atoms with E-state index in [-0.39, 0.29) is 5.75 Å². The Morgan fingerprint density at radius 2 is 2.18 bits per heavy atom. The Hall–Kier alpha value is -1.11. The van der Waals surface area contributed by atoms with Crippen molar-refractivity contribution in [2.24, 2.45) is 0 Å². The minimum Gasteiger partial charge on any atom is -0.748 e. The zero-order chi connectivity index (χ0) is 12.5. The lowest BCUT2D eigenvalue weighted by Gasteiger charge is -2.04. The molecule has 0 saturated carbocycles. The fourth-order valence-corrected chi connectivity index (χ4v) is 2.39. The highest BCUT2D eigenvalue weighted by molar-refractivity contribution is 7.85. The molecule has 92 valence electrons. The number of aromatic nitrogens is 2. The molecule has 0 radical (unpaired) electrons. The Morgan fingerprint density at radius 3 is 2.88 bits per heavy atom. The average molecular weight is 275 g/mol. The van der Waals surface area contributed by atoms with Crippen LogP contribution in [0.2, 0.25) is 5.15 Å². The summed E-state index contributed by atoms with van der Waals surface area (Å²) in [6.45, 7) is 0.471. The maximum atomic E-state index is 10.5. The summed E-state index contributed by atoms with van der Waals surface area (Å²) in [6.07, 6.45) is 3.89. The first-order valence-corrected chi connectivity index (χ1v) is 7.01. The van der Waals surface area contributed by atoms with E-state index in [9.17, 15) is 13.0 Å². The minimum absolute atomic E-state index is 0.294. The van der Waals surface area contributed by atoms with E-state index >= 15 is 0 Å². The van der Waals surface area contributed by atoms with Gasteiger partial charge in [0.1, 0.15) is 12.4 Å². The van der Waals surface area contributed by atoms with Crippen molar-refractivity contribution < 1.29 is 17.4 Å². The van der Waals surface area contributed by atoms with Crippen molar-refractivity contribution in [1.29, 1.82) is 0 Å². The van der Waals surface area contributed by atoms with Crippen LogP contribution in [0.15, 0.2) is 30.6 Å². The van der Waals surface area contributed by atoms with Crippen molar-refractivity contribution in [3.05, 3.63) is 35.7 Å². The summed E-state index contributed by atoms with van der Waals surface area (Å²) >= 11 is 5.98. The van der Waals surface area contributed by atoms with E-state index in [0.29, 0.717) is 18.1 Å². The predicted molar refractivity (Wildman–Crippen MR) is 61.8 cm³/mol. The molecular weight excluding hydrogens is 264 g/mol. The Bertz CT molecular complexity index is 636. The van der Waals surface area contributed by atoms with E-state index in [1.54, 1.807) is 22.9 Å². The van der Waals surface area contributed by atoms with Crippen molar-refractivity contribution in [3.8, 4) is 0 Å². The highest BCUT2D eigenvalue weighted by atomic mass is 35.5. The first-order valence-electron chi connectivity index (χ1n) is 5.06. The first kappa shape index (κ1) is 12.3. The second kappa shape index (κ2) is 4.64. The first-order chi connectivity index (χ1) is 7.97. The van der Waals surface area contributed by atoms with Crippen LogP contribution >= 0.6 is 11.6 Å². The largest absolute Gasteiger partial charge is 0.748 e. The molecule has 0 bridgehead atoms. The SMILES string of the molecule is O=S(=O)([O-])CCCn1cc[n+]2c(Cl)cccc12. The van der Waals surface area contributed by atoms with Gasteiger partial charge < -0.3 is 4.55 Å². The standard InChI is InChI=1S/C10H11ClN2O3S/c11-9-3-1-4-10-12(6-7-13(9)10)5-2-8-17(14,15)16/h1,3-4,6-7H,2,5,8H2. The lowest BCUT2D eigenvalue weighted by Crippen LogP contribution is -2.21. The van der Waals surface area contributed by atoms with Crippen molar-refractivity contribution in [2.45, 2.75) is 13.0 Å². The second-order valence-electron chi connectivity index (χ2n) is 3.68. The molecule has 0 saturated heterocycles. The molecule has 5 nitrogen and oxygen atoms in total. The summed E-state index contributed by atoms with van der Waals surface area (Å²) in [6, 6.07) is 5.46. The maximum absolute atomic E-state index is 10.5. The Balaban J connectivity index is 2.17. The molecular formula is C10H11ClN2O3S. The molecule has 2 aromatic heterocycles. The number of hydrogen-bond donors (Lipinski definition) is 0. The molecule has 0 N–H and O–H groups in total. The number of halogens is 1. The van der Waals surface area contributed by atoms with E-state index < -0.39 is 10.1 Å². The summed E-state index contributed by atoms with van der Waals surface area (Å²) in [5, 5.41) is 0.581. The topological polar surface area (TPSA) is 66.2 Å². The van der Waals surface area contributed by atoms with Crippen LogP contribution in [-0.2, 0) is 16.7 Å². The summed E-state index contributed by atoms with van der Waals surface area (Å²) in [5.41, 5.74) is 0.862. The fraction of sp³-hybridized carbons (Fsp3) is 0.300. The van der Waals surface area contributed by atoms with Gasteiger partial charge in [-0.15, -0.1) is 0 Å². The number of pyridine rings is 1. The van der Waals surface area contributed by atoms with Crippen LogP contribution in [0.3, 0.4) is 0 Å². The van der Waals surface area contributed by atoms with E-state index in [1.807, 2.05) is 16.7 Å². The van der Waals surface area contributed by atoms with Gasteiger partial charge in [-0.2, -0.15) is 4.40 Å². The molecule has 7 heteroatoms. The maximum Gasteiger partial charge on any atom is 0.287 e. The van der Waals surface area contributed by atoms with Crippen LogP contribution in [0.4, 0.5) is 0 Å². The van der Waals surface area contributed by atoms with Gasteiger partial charge in [-0.25, -0.2) is 13.0 Å². The van der Waals surface area contributed by atoms with Crippen LogP contribution in [0.5, 0.6) is 0 Å². The number of hydrogen-bond acceptors (Lipinski definition) is 3. The monoisotopic (exact) mass is 274 g/mol. The van der Waals surface area contributed by atoms with Gasteiger partial charge in [-0.1, -0.05) is 0 Å². The van der Waals surface area contributed by atoms with Gasteiger partial charge in [0.25, 0.3) is 5.65 Å². The molecule has 0 aliphatic rings. The molecule has 0 amide bonds. The van der Waals surface area contributed by atoms with Gasteiger partial charge in [-0.05, 0) is 30.2 Å². The number of imidazole rings is 1. The Labute approximate surface area is 104 Å².